The van der Waals surface area contributed by atoms with Gasteiger partial charge in [-0.05, 0) is 25.2 Å². The molecule has 0 radical (unpaired) electrons. The number of rotatable bonds is 5. The fourth-order valence-corrected chi connectivity index (χ4v) is 0.925. The van der Waals surface area contributed by atoms with Crippen LogP contribution in [0.3, 0.4) is 0 Å². The zero-order valence-corrected chi connectivity index (χ0v) is 7.80. The minimum absolute atomic E-state index is 0.115. The molecule has 0 aromatic heterocycles. The van der Waals surface area contributed by atoms with E-state index in [2.05, 4.69) is 13.8 Å². The van der Waals surface area contributed by atoms with E-state index in [1.165, 1.54) is 0 Å². The molecule has 2 heteroatoms. The van der Waals surface area contributed by atoms with Crippen molar-refractivity contribution in [3.05, 3.63) is 0 Å². The molecule has 2 N–H and O–H groups in total. The van der Waals surface area contributed by atoms with Crippen LogP contribution in [0.15, 0.2) is 0 Å². The van der Waals surface area contributed by atoms with Gasteiger partial charge < -0.3 is 10.2 Å². The molecule has 0 aromatic carbocycles. The highest BCUT2D eigenvalue weighted by Gasteiger charge is 2.22. The Morgan fingerprint density at radius 2 is 1.91 bits per heavy atom. The van der Waals surface area contributed by atoms with Gasteiger partial charge in [0.1, 0.15) is 0 Å². The van der Waals surface area contributed by atoms with Crippen LogP contribution in [0, 0.1) is 5.92 Å². The van der Waals surface area contributed by atoms with Gasteiger partial charge in [-0.15, -0.1) is 0 Å². The van der Waals surface area contributed by atoms with E-state index in [0.29, 0.717) is 18.8 Å². The Balaban J connectivity index is 3.69. The Morgan fingerprint density at radius 1 is 1.36 bits per heavy atom. The summed E-state index contributed by atoms with van der Waals surface area (Å²) < 4.78 is 0. The standard InChI is InChI=1S/C9H20O2/c1-4-9(11,7-10)6-5-8(2)3/h8,10-11H,4-7H2,1-3H3. The highest BCUT2D eigenvalue weighted by atomic mass is 16.3. The maximum Gasteiger partial charge on any atom is 0.0874 e. The van der Waals surface area contributed by atoms with Gasteiger partial charge >= 0.3 is 0 Å². The molecule has 68 valence electrons. The predicted molar refractivity (Wildman–Crippen MR) is 46.4 cm³/mol. The van der Waals surface area contributed by atoms with Gasteiger partial charge in [0.05, 0.1) is 12.2 Å². The van der Waals surface area contributed by atoms with E-state index in [1.807, 2.05) is 6.92 Å². The molecule has 1 unspecified atom stereocenters. The lowest BCUT2D eigenvalue weighted by Crippen LogP contribution is -2.32. The molecule has 11 heavy (non-hydrogen) atoms. The summed E-state index contributed by atoms with van der Waals surface area (Å²) in [5.74, 6) is 0.597. The maximum atomic E-state index is 9.63. The van der Waals surface area contributed by atoms with Crippen LogP contribution >= 0.6 is 0 Å². The fraction of sp³-hybridized carbons (Fsp3) is 1.00. The molecule has 0 saturated carbocycles. The van der Waals surface area contributed by atoms with Crippen LogP contribution in [0.4, 0.5) is 0 Å². The van der Waals surface area contributed by atoms with Crippen LogP contribution in [-0.4, -0.2) is 22.4 Å². The van der Waals surface area contributed by atoms with Crippen LogP contribution in [0.25, 0.3) is 0 Å². The van der Waals surface area contributed by atoms with Gasteiger partial charge in [-0.3, -0.25) is 0 Å². The SMILES string of the molecule is CCC(O)(CO)CCC(C)C. The van der Waals surface area contributed by atoms with E-state index in [-0.39, 0.29) is 6.61 Å². The average Bonchev–Trinajstić information content (AvgIpc) is 2.00. The molecule has 2 nitrogen and oxygen atoms in total. The number of hydrogen-bond acceptors (Lipinski definition) is 2. The van der Waals surface area contributed by atoms with Gasteiger partial charge in [0.25, 0.3) is 0 Å². The first-order valence-electron chi connectivity index (χ1n) is 4.37. The Kier molecular flexibility index (Phi) is 4.69. The molecule has 0 fully saturated rings. The van der Waals surface area contributed by atoms with Gasteiger partial charge in [0, 0.05) is 0 Å². The molecule has 0 rings (SSSR count). The number of aliphatic hydroxyl groups is 2. The summed E-state index contributed by atoms with van der Waals surface area (Å²) >= 11 is 0. The normalized spacial score (nSPS) is 16.9. The first-order chi connectivity index (χ1) is 5.04. The third kappa shape index (κ3) is 4.38. The molecule has 0 heterocycles. The van der Waals surface area contributed by atoms with Crippen LogP contribution in [0.1, 0.15) is 40.0 Å². The first-order valence-corrected chi connectivity index (χ1v) is 4.37. The van der Waals surface area contributed by atoms with E-state index < -0.39 is 5.60 Å². The summed E-state index contributed by atoms with van der Waals surface area (Å²) in [6, 6.07) is 0. The molecule has 0 amide bonds. The molecular weight excluding hydrogens is 140 g/mol. The van der Waals surface area contributed by atoms with Gasteiger partial charge in [0.15, 0.2) is 0 Å². The summed E-state index contributed by atoms with van der Waals surface area (Å²) in [7, 11) is 0. The largest absolute Gasteiger partial charge is 0.393 e. The van der Waals surface area contributed by atoms with Crippen LogP contribution in [-0.2, 0) is 0 Å². The zero-order chi connectivity index (χ0) is 8.91. The Hall–Kier alpha value is -0.0800. The molecule has 0 aliphatic rings. The Labute approximate surface area is 69.2 Å². The van der Waals surface area contributed by atoms with Gasteiger partial charge in [-0.1, -0.05) is 20.8 Å². The smallest absolute Gasteiger partial charge is 0.0874 e. The lowest BCUT2D eigenvalue weighted by Gasteiger charge is -2.24. The van der Waals surface area contributed by atoms with Crippen LogP contribution in [0.5, 0.6) is 0 Å². The second-order valence-electron chi connectivity index (χ2n) is 3.67. The summed E-state index contributed by atoms with van der Waals surface area (Å²) in [5, 5.41) is 18.5. The molecule has 0 bridgehead atoms. The molecule has 0 aliphatic carbocycles. The monoisotopic (exact) mass is 160 g/mol. The second-order valence-corrected chi connectivity index (χ2v) is 3.67. The zero-order valence-electron chi connectivity index (χ0n) is 7.80. The summed E-state index contributed by atoms with van der Waals surface area (Å²) in [6.07, 6.45) is 2.32. The van der Waals surface area contributed by atoms with Gasteiger partial charge in [-0.2, -0.15) is 0 Å². The van der Waals surface area contributed by atoms with Gasteiger partial charge in [0.2, 0.25) is 0 Å². The third-order valence-electron chi connectivity index (χ3n) is 2.14. The highest BCUT2D eigenvalue weighted by molar-refractivity contribution is 4.75. The summed E-state index contributed by atoms with van der Waals surface area (Å²) in [4.78, 5) is 0. The van der Waals surface area contributed by atoms with E-state index in [4.69, 9.17) is 5.11 Å². The first kappa shape index (κ1) is 10.9. The van der Waals surface area contributed by atoms with E-state index >= 15 is 0 Å². The van der Waals surface area contributed by atoms with Crippen molar-refractivity contribution in [2.24, 2.45) is 5.92 Å². The minimum atomic E-state index is -0.829. The predicted octanol–water partition coefficient (Wildman–Crippen LogP) is 1.56. The van der Waals surface area contributed by atoms with Crippen molar-refractivity contribution in [2.75, 3.05) is 6.61 Å². The Morgan fingerprint density at radius 3 is 2.18 bits per heavy atom. The molecule has 0 spiro atoms. The maximum absolute atomic E-state index is 9.63. The summed E-state index contributed by atoms with van der Waals surface area (Å²) in [6.45, 7) is 6.02. The lowest BCUT2D eigenvalue weighted by atomic mass is 9.92. The topological polar surface area (TPSA) is 40.5 Å². The number of hydrogen-bond donors (Lipinski definition) is 2. The molecule has 0 saturated heterocycles. The van der Waals surface area contributed by atoms with Crippen LogP contribution in [0.2, 0.25) is 0 Å². The van der Waals surface area contributed by atoms with Crippen LogP contribution < -0.4 is 0 Å². The minimum Gasteiger partial charge on any atom is -0.393 e. The molecule has 1 atom stereocenters. The van der Waals surface area contributed by atoms with E-state index in [0.717, 1.165) is 6.42 Å². The second kappa shape index (κ2) is 4.73. The molecular formula is C9H20O2. The Bertz CT molecular complexity index is 95.7. The highest BCUT2D eigenvalue weighted by Crippen LogP contribution is 2.19. The van der Waals surface area contributed by atoms with Crippen molar-refractivity contribution < 1.29 is 10.2 Å². The fourth-order valence-electron chi connectivity index (χ4n) is 0.925. The molecule has 0 aliphatic heterocycles. The van der Waals surface area contributed by atoms with E-state index in [1.54, 1.807) is 0 Å². The van der Waals surface area contributed by atoms with Gasteiger partial charge in [-0.25, -0.2) is 0 Å². The van der Waals surface area contributed by atoms with Crippen molar-refractivity contribution in [1.82, 2.24) is 0 Å². The average molecular weight is 160 g/mol. The number of aliphatic hydroxyl groups excluding tert-OH is 1. The van der Waals surface area contributed by atoms with Crippen molar-refractivity contribution in [3.63, 3.8) is 0 Å². The van der Waals surface area contributed by atoms with Crippen molar-refractivity contribution in [3.8, 4) is 0 Å². The molecule has 0 aromatic rings. The lowest BCUT2D eigenvalue weighted by molar-refractivity contribution is -0.0276. The van der Waals surface area contributed by atoms with Crippen molar-refractivity contribution in [1.29, 1.82) is 0 Å². The van der Waals surface area contributed by atoms with Crippen molar-refractivity contribution >= 4 is 0 Å². The summed E-state index contributed by atoms with van der Waals surface area (Å²) in [5.41, 5.74) is -0.829. The quantitative estimate of drug-likeness (QED) is 0.640. The van der Waals surface area contributed by atoms with E-state index in [9.17, 15) is 5.11 Å². The third-order valence-corrected chi connectivity index (χ3v) is 2.14. The van der Waals surface area contributed by atoms with Crippen molar-refractivity contribution in [2.45, 2.75) is 45.6 Å².